The molecule has 0 atom stereocenters. The first-order valence-corrected chi connectivity index (χ1v) is 5.43. The molecule has 0 bridgehead atoms. The molecule has 1 aliphatic rings. The van der Waals surface area contributed by atoms with E-state index >= 15 is 0 Å². The molecular weight excluding hydrogens is 186 g/mol. The lowest BCUT2D eigenvalue weighted by Gasteiger charge is -2.12. The molecule has 1 aromatic heterocycles. The number of aryl methyl sites for hydroxylation is 1. The van der Waals surface area contributed by atoms with Crippen LogP contribution in [0.1, 0.15) is 18.5 Å². The molecule has 1 aromatic carbocycles. The second-order valence-electron chi connectivity index (χ2n) is 3.93. The zero-order valence-electron chi connectivity index (χ0n) is 8.56. The summed E-state index contributed by atoms with van der Waals surface area (Å²) in [7, 11) is 0. The van der Waals surface area contributed by atoms with E-state index in [2.05, 4.69) is 22.4 Å². The van der Waals surface area contributed by atoms with Crippen molar-refractivity contribution in [3.63, 3.8) is 0 Å². The smallest absolute Gasteiger partial charge is 0.116 e. The highest BCUT2D eigenvalue weighted by atomic mass is 15.4. The third-order valence-electron chi connectivity index (χ3n) is 2.92. The average Bonchev–Trinajstić information content (AvgIpc) is 2.74. The Kier molecular flexibility index (Phi) is 2.02. The van der Waals surface area contributed by atoms with Crippen LogP contribution in [0, 0.1) is 0 Å². The van der Waals surface area contributed by atoms with Crippen molar-refractivity contribution < 1.29 is 0 Å². The van der Waals surface area contributed by atoms with Crippen LogP contribution in [0.5, 0.6) is 0 Å². The van der Waals surface area contributed by atoms with Crippen LogP contribution < -0.4 is 0 Å². The molecule has 0 saturated heterocycles. The van der Waals surface area contributed by atoms with E-state index in [1.54, 1.807) is 0 Å². The molecule has 3 heteroatoms. The lowest BCUT2D eigenvalue weighted by Crippen LogP contribution is -2.11. The monoisotopic (exact) mass is 199 g/mol. The molecule has 15 heavy (non-hydrogen) atoms. The van der Waals surface area contributed by atoms with Gasteiger partial charge in [-0.25, -0.2) is 4.68 Å². The van der Waals surface area contributed by atoms with Crippen molar-refractivity contribution in [2.24, 2.45) is 0 Å². The highest BCUT2D eigenvalue weighted by molar-refractivity contribution is 5.61. The van der Waals surface area contributed by atoms with Crippen molar-refractivity contribution in [1.82, 2.24) is 15.0 Å². The fourth-order valence-corrected chi connectivity index (χ4v) is 2.13. The molecule has 0 saturated carbocycles. The molecule has 2 aromatic rings. The number of hydrogen-bond donors (Lipinski definition) is 0. The fourth-order valence-electron chi connectivity index (χ4n) is 2.13. The Labute approximate surface area is 88.7 Å². The van der Waals surface area contributed by atoms with E-state index in [4.69, 9.17) is 0 Å². The van der Waals surface area contributed by atoms with Gasteiger partial charge in [-0.2, -0.15) is 0 Å². The van der Waals surface area contributed by atoms with Crippen LogP contribution >= 0.6 is 0 Å². The molecule has 0 radical (unpaired) electrons. The quantitative estimate of drug-likeness (QED) is 0.705. The molecule has 76 valence electrons. The number of benzene rings is 1. The summed E-state index contributed by atoms with van der Waals surface area (Å²) in [5, 5.41) is 8.48. The van der Waals surface area contributed by atoms with Crippen LogP contribution in [0.2, 0.25) is 0 Å². The van der Waals surface area contributed by atoms with Gasteiger partial charge in [0.25, 0.3) is 0 Å². The number of nitrogens with zero attached hydrogens (tertiary/aromatic N) is 3. The largest absolute Gasteiger partial charge is 0.249 e. The molecule has 3 nitrogen and oxygen atoms in total. The normalized spacial score (nSPS) is 14.9. The summed E-state index contributed by atoms with van der Waals surface area (Å²) < 4.78 is 2.05. The van der Waals surface area contributed by atoms with Crippen LogP contribution in [-0.2, 0) is 13.0 Å². The maximum Gasteiger partial charge on any atom is 0.116 e. The van der Waals surface area contributed by atoms with Crippen LogP contribution in [0.15, 0.2) is 30.3 Å². The Morgan fingerprint density at radius 2 is 1.93 bits per heavy atom. The lowest BCUT2D eigenvalue weighted by molar-refractivity contribution is 0.477. The van der Waals surface area contributed by atoms with E-state index in [9.17, 15) is 0 Å². The maximum atomic E-state index is 4.28. The molecular formula is C12H13N3. The summed E-state index contributed by atoms with van der Waals surface area (Å²) >= 11 is 0. The van der Waals surface area contributed by atoms with Gasteiger partial charge in [0.1, 0.15) is 5.69 Å². The first-order chi connectivity index (χ1) is 7.45. The summed E-state index contributed by atoms with van der Waals surface area (Å²) in [5.74, 6) is 0. The molecule has 3 rings (SSSR count). The van der Waals surface area contributed by atoms with Crippen molar-refractivity contribution >= 4 is 0 Å². The summed E-state index contributed by atoms with van der Waals surface area (Å²) in [6.07, 6.45) is 3.59. The van der Waals surface area contributed by atoms with Gasteiger partial charge in [-0.05, 0) is 19.3 Å². The van der Waals surface area contributed by atoms with Crippen molar-refractivity contribution in [1.29, 1.82) is 0 Å². The minimum Gasteiger partial charge on any atom is -0.249 e. The standard InChI is InChI=1S/C12H13N3/c1-2-6-10(7-3-1)12-11-8-4-5-9-15(11)14-13-12/h1-3,6-7H,4-5,8-9H2. The zero-order valence-corrected chi connectivity index (χ0v) is 8.56. The van der Waals surface area contributed by atoms with Crippen molar-refractivity contribution in [3.05, 3.63) is 36.0 Å². The van der Waals surface area contributed by atoms with Crippen LogP contribution in [0.4, 0.5) is 0 Å². The Bertz CT molecular complexity index is 459. The molecule has 0 spiro atoms. The second-order valence-corrected chi connectivity index (χ2v) is 3.93. The van der Waals surface area contributed by atoms with Gasteiger partial charge in [0.05, 0.1) is 5.69 Å². The highest BCUT2D eigenvalue weighted by Crippen LogP contribution is 2.24. The predicted molar refractivity (Wildman–Crippen MR) is 58.4 cm³/mol. The van der Waals surface area contributed by atoms with Gasteiger partial charge < -0.3 is 0 Å². The number of aromatic nitrogens is 3. The minimum absolute atomic E-state index is 1.02. The van der Waals surface area contributed by atoms with E-state index in [0.29, 0.717) is 0 Å². The molecule has 0 fully saturated rings. The molecule has 2 heterocycles. The van der Waals surface area contributed by atoms with E-state index in [1.807, 2.05) is 22.9 Å². The molecule has 1 aliphatic heterocycles. The summed E-state index contributed by atoms with van der Waals surface area (Å²) in [6, 6.07) is 10.3. The lowest BCUT2D eigenvalue weighted by atomic mass is 10.0. The molecule has 0 unspecified atom stereocenters. The van der Waals surface area contributed by atoms with Crippen molar-refractivity contribution in [2.75, 3.05) is 0 Å². The van der Waals surface area contributed by atoms with E-state index < -0.39 is 0 Å². The van der Waals surface area contributed by atoms with Gasteiger partial charge in [0.15, 0.2) is 0 Å². The Balaban J connectivity index is 2.09. The highest BCUT2D eigenvalue weighted by Gasteiger charge is 2.16. The maximum absolute atomic E-state index is 4.28. The number of rotatable bonds is 1. The molecule has 0 amide bonds. The van der Waals surface area contributed by atoms with Gasteiger partial charge in [0.2, 0.25) is 0 Å². The number of fused-ring (bicyclic) bond motifs is 1. The van der Waals surface area contributed by atoms with E-state index in [-0.39, 0.29) is 0 Å². The third kappa shape index (κ3) is 1.44. The van der Waals surface area contributed by atoms with Gasteiger partial charge in [-0.3, -0.25) is 0 Å². The Morgan fingerprint density at radius 3 is 2.80 bits per heavy atom. The van der Waals surface area contributed by atoms with Crippen molar-refractivity contribution in [2.45, 2.75) is 25.8 Å². The van der Waals surface area contributed by atoms with E-state index in [0.717, 1.165) is 18.7 Å². The first-order valence-electron chi connectivity index (χ1n) is 5.43. The van der Waals surface area contributed by atoms with Crippen molar-refractivity contribution in [3.8, 4) is 11.3 Å². The summed E-state index contributed by atoms with van der Waals surface area (Å²) in [6.45, 7) is 1.02. The van der Waals surface area contributed by atoms with E-state index in [1.165, 1.54) is 24.1 Å². The van der Waals surface area contributed by atoms with Crippen LogP contribution in [-0.4, -0.2) is 15.0 Å². The summed E-state index contributed by atoms with van der Waals surface area (Å²) in [4.78, 5) is 0. The Hall–Kier alpha value is -1.64. The first kappa shape index (κ1) is 8.65. The second kappa shape index (κ2) is 3.50. The molecule has 0 N–H and O–H groups in total. The Morgan fingerprint density at radius 1 is 1.07 bits per heavy atom. The van der Waals surface area contributed by atoms with Gasteiger partial charge in [0, 0.05) is 12.1 Å². The summed E-state index contributed by atoms with van der Waals surface area (Å²) in [5.41, 5.74) is 3.54. The number of hydrogen-bond acceptors (Lipinski definition) is 2. The van der Waals surface area contributed by atoms with Gasteiger partial charge in [-0.15, -0.1) is 5.10 Å². The topological polar surface area (TPSA) is 30.7 Å². The van der Waals surface area contributed by atoms with Crippen LogP contribution in [0.25, 0.3) is 11.3 Å². The fraction of sp³-hybridized carbons (Fsp3) is 0.333. The van der Waals surface area contributed by atoms with Gasteiger partial charge in [-0.1, -0.05) is 35.5 Å². The average molecular weight is 199 g/mol. The zero-order chi connectivity index (χ0) is 10.1. The predicted octanol–water partition coefficient (Wildman–Crippen LogP) is 2.28. The van der Waals surface area contributed by atoms with Crippen LogP contribution in [0.3, 0.4) is 0 Å². The van der Waals surface area contributed by atoms with Gasteiger partial charge >= 0.3 is 0 Å². The SMILES string of the molecule is c1ccc(-c2nnn3c2CCCC3)cc1. The molecule has 0 aliphatic carbocycles. The minimum atomic E-state index is 1.02. The third-order valence-corrected chi connectivity index (χ3v) is 2.92.